The Morgan fingerprint density at radius 3 is 2.36 bits per heavy atom. The Morgan fingerprint density at radius 1 is 1.18 bits per heavy atom. The van der Waals surface area contributed by atoms with Crippen LogP contribution in [0.4, 0.5) is 0 Å². The Hall–Kier alpha value is -0.915. The van der Waals surface area contributed by atoms with Crippen LogP contribution in [0.5, 0.6) is 5.75 Å². The van der Waals surface area contributed by atoms with Crippen molar-refractivity contribution in [2.75, 3.05) is 0 Å². The highest BCUT2D eigenvalue weighted by atomic mass is 16.4. The highest BCUT2D eigenvalue weighted by molar-refractivity contribution is 6.49. The smallest absolute Gasteiger partial charge is 0.351 e. The molecule has 0 atom stereocenters. The van der Waals surface area contributed by atoms with Gasteiger partial charge in [-0.2, -0.15) is 0 Å². The van der Waals surface area contributed by atoms with E-state index in [2.05, 4.69) is 13.0 Å². The summed E-state index contributed by atoms with van der Waals surface area (Å²) in [5, 5.41) is 0. The van der Waals surface area contributed by atoms with E-state index in [1.807, 2.05) is 31.8 Å². The molecule has 1 nitrogen and oxygen atoms in total. The van der Waals surface area contributed by atoms with Gasteiger partial charge in [-0.25, -0.2) is 0 Å². The van der Waals surface area contributed by atoms with Crippen LogP contribution >= 0.6 is 0 Å². The number of aryl methyl sites for hydroxylation is 1. The van der Waals surface area contributed by atoms with Gasteiger partial charge >= 0.3 is 6.92 Å². The topological polar surface area (TPSA) is 9.23 Å². The fraction of sp³-hybridized carbons (Fsp3) is 0.333. The Bertz CT molecular complexity index is 233. The van der Waals surface area contributed by atoms with Crippen molar-refractivity contribution in [2.45, 2.75) is 20.6 Å². The predicted molar refractivity (Wildman–Crippen MR) is 49.3 cm³/mol. The van der Waals surface area contributed by atoms with Crippen molar-refractivity contribution in [2.24, 2.45) is 0 Å². The molecule has 0 aliphatic rings. The fourth-order valence-corrected chi connectivity index (χ4v) is 0.943. The maximum Gasteiger partial charge on any atom is 0.351 e. The standard InChI is InChI=1S/C9H13BO/c1-8-6-4-5-7-9(8)11-10(2)3/h4-7H,1-3H3. The molecule has 0 N–H and O–H groups in total. The summed E-state index contributed by atoms with van der Waals surface area (Å²) in [6, 6.07) is 8.06. The SMILES string of the molecule is CB(C)Oc1ccccc1C. The minimum absolute atomic E-state index is 0.260. The highest BCUT2D eigenvalue weighted by Gasteiger charge is 2.02. The average molecular weight is 148 g/mol. The molecule has 0 spiro atoms. The molecule has 11 heavy (non-hydrogen) atoms. The van der Waals surface area contributed by atoms with E-state index in [1.165, 1.54) is 5.56 Å². The molecule has 0 saturated carbocycles. The van der Waals surface area contributed by atoms with Gasteiger partial charge < -0.3 is 4.65 Å². The van der Waals surface area contributed by atoms with Crippen molar-refractivity contribution < 1.29 is 4.65 Å². The summed E-state index contributed by atoms with van der Waals surface area (Å²) < 4.78 is 5.54. The maximum atomic E-state index is 5.54. The minimum atomic E-state index is 0.260. The van der Waals surface area contributed by atoms with E-state index >= 15 is 0 Å². The van der Waals surface area contributed by atoms with Crippen LogP contribution in [0.2, 0.25) is 13.6 Å². The number of hydrogen-bond donors (Lipinski definition) is 0. The molecule has 58 valence electrons. The molecular formula is C9H13BO. The lowest BCUT2D eigenvalue weighted by molar-refractivity contribution is 0.575. The monoisotopic (exact) mass is 148 g/mol. The molecule has 0 saturated heterocycles. The number of rotatable bonds is 2. The highest BCUT2D eigenvalue weighted by Crippen LogP contribution is 2.16. The predicted octanol–water partition coefficient (Wildman–Crippen LogP) is 2.62. The van der Waals surface area contributed by atoms with Gasteiger partial charge in [0.2, 0.25) is 0 Å². The quantitative estimate of drug-likeness (QED) is 0.585. The van der Waals surface area contributed by atoms with Crippen molar-refractivity contribution in [3.8, 4) is 5.75 Å². The van der Waals surface area contributed by atoms with Crippen LogP contribution in [-0.4, -0.2) is 6.92 Å². The number of para-hydroxylation sites is 1. The first kappa shape index (κ1) is 8.18. The molecule has 0 amide bonds. The lowest BCUT2D eigenvalue weighted by Gasteiger charge is -2.09. The first-order chi connectivity index (χ1) is 5.20. The molecule has 0 heterocycles. The first-order valence-electron chi connectivity index (χ1n) is 3.92. The van der Waals surface area contributed by atoms with Gasteiger partial charge in [0.25, 0.3) is 0 Å². The van der Waals surface area contributed by atoms with Gasteiger partial charge in [-0.1, -0.05) is 18.2 Å². The Kier molecular flexibility index (Phi) is 2.58. The Balaban J connectivity index is 2.78. The molecule has 1 rings (SSSR count). The lowest BCUT2D eigenvalue weighted by atomic mass is 9.75. The van der Waals surface area contributed by atoms with Crippen LogP contribution in [0.15, 0.2) is 24.3 Å². The molecule has 1 aromatic carbocycles. The van der Waals surface area contributed by atoms with Gasteiger partial charge in [-0.3, -0.25) is 0 Å². The van der Waals surface area contributed by atoms with Gasteiger partial charge in [-0.05, 0) is 32.2 Å². The van der Waals surface area contributed by atoms with Gasteiger partial charge in [0, 0.05) is 0 Å². The van der Waals surface area contributed by atoms with Crippen LogP contribution in [0.25, 0.3) is 0 Å². The summed E-state index contributed by atoms with van der Waals surface area (Å²) >= 11 is 0. The second kappa shape index (κ2) is 3.47. The first-order valence-corrected chi connectivity index (χ1v) is 3.92. The third kappa shape index (κ3) is 2.30. The lowest BCUT2D eigenvalue weighted by Crippen LogP contribution is -2.11. The second-order valence-electron chi connectivity index (χ2n) is 2.93. The summed E-state index contributed by atoms with van der Waals surface area (Å²) in [7, 11) is 0. The normalized spacial score (nSPS) is 9.36. The molecule has 2 heteroatoms. The molecular weight excluding hydrogens is 135 g/mol. The van der Waals surface area contributed by atoms with Crippen LogP contribution in [0.3, 0.4) is 0 Å². The van der Waals surface area contributed by atoms with E-state index in [0.717, 1.165) is 5.75 Å². The van der Waals surface area contributed by atoms with E-state index < -0.39 is 0 Å². The van der Waals surface area contributed by atoms with E-state index in [4.69, 9.17) is 4.65 Å². The van der Waals surface area contributed by atoms with Crippen LogP contribution < -0.4 is 4.65 Å². The van der Waals surface area contributed by atoms with E-state index in [-0.39, 0.29) is 6.92 Å². The van der Waals surface area contributed by atoms with Gasteiger partial charge in [0.05, 0.1) is 0 Å². The van der Waals surface area contributed by atoms with Crippen LogP contribution in [-0.2, 0) is 0 Å². The number of hydrogen-bond acceptors (Lipinski definition) is 1. The van der Waals surface area contributed by atoms with Crippen molar-refractivity contribution in [3.63, 3.8) is 0 Å². The molecule has 0 radical (unpaired) electrons. The van der Waals surface area contributed by atoms with Gasteiger partial charge in [-0.15, -0.1) is 0 Å². The second-order valence-corrected chi connectivity index (χ2v) is 2.93. The zero-order chi connectivity index (χ0) is 8.27. The minimum Gasteiger partial charge on any atom is -0.561 e. The molecule has 0 bridgehead atoms. The summed E-state index contributed by atoms with van der Waals surface area (Å²) in [6.45, 7) is 6.38. The zero-order valence-corrected chi connectivity index (χ0v) is 7.29. The summed E-state index contributed by atoms with van der Waals surface area (Å²) in [4.78, 5) is 0. The van der Waals surface area contributed by atoms with Gasteiger partial charge in [0.1, 0.15) is 5.75 Å². The molecule has 0 aromatic heterocycles. The van der Waals surface area contributed by atoms with Crippen molar-refractivity contribution >= 4 is 6.92 Å². The van der Waals surface area contributed by atoms with Crippen molar-refractivity contribution in [1.29, 1.82) is 0 Å². The van der Waals surface area contributed by atoms with Crippen molar-refractivity contribution in [3.05, 3.63) is 29.8 Å². The number of benzene rings is 1. The maximum absolute atomic E-state index is 5.54. The molecule has 0 aliphatic carbocycles. The molecule has 0 aliphatic heterocycles. The third-order valence-corrected chi connectivity index (χ3v) is 1.46. The van der Waals surface area contributed by atoms with E-state index in [0.29, 0.717) is 0 Å². The largest absolute Gasteiger partial charge is 0.561 e. The summed E-state index contributed by atoms with van der Waals surface area (Å²) in [5.41, 5.74) is 1.20. The summed E-state index contributed by atoms with van der Waals surface area (Å²) in [5.74, 6) is 0.988. The summed E-state index contributed by atoms with van der Waals surface area (Å²) in [6.07, 6.45) is 0. The Labute approximate surface area is 68.5 Å². The van der Waals surface area contributed by atoms with Gasteiger partial charge in [0.15, 0.2) is 0 Å². The van der Waals surface area contributed by atoms with E-state index in [1.54, 1.807) is 0 Å². The Morgan fingerprint density at radius 2 is 1.82 bits per heavy atom. The van der Waals surface area contributed by atoms with Crippen molar-refractivity contribution in [1.82, 2.24) is 0 Å². The van der Waals surface area contributed by atoms with Crippen LogP contribution in [0.1, 0.15) is 5.56 Å². The molecule has 1 aromatic rings. The molecule has 0 fully saturated rings. The average Bonchev–Trinajstić information content (AvgIpc) is 1.93. The van der Waals surface area contributed by atoms with E-state index in [9.17, 15) is 0 Å². The zero-order valence-electron chi connectivity index (χ0n) is 7.29. The molecule has 0 unspecified atom stereocenters. The van der Waals surface area contributed by atoms with Crippen LogP contribution in [0, 0.1) is 6.92 Å². The fourth-order valence-electron chi connectivity index (χ4n) is 0.943. The third-order valence-electron chi connectivity index (χ3n) is 1.46.